The second-order valence-corrected chi connectivity index (χ2v) is 2.92. The number of nitrogens with one attached hydrogen (secondary N) is 1. The highest BCUT2D eigenvalue weighted by Crippen LogP contribution is 2.10. The van der Waals surface area contributed by atoms with Crippen molar-refractivity contribution in [3.05, 3.63) is 24.3 Å². The van der Waals surface area contributed by atoms with Crippen molar-refractivity contribution < 1.29 is 0 Å². The molecule has 0 atom stereocenters. The van der Waals surface area contributed by atoms with E-state index < -0.39 is 0 Å². The van der Waals surface area contributed by atoms with E-state index in [1.807, 2.05) is 24.3 Å². The van der Waals surface area contributed by atoms with Crippen LogP contribution in [0.15, 0.2) is 24.3 Å². The lowest BCUT2D eigenvalue weighted by Crippen LogP contribution is -2.09. The Kier molecular flexibility index (Phi) is 4.59. The summed E-state index contributed by atoms with van der Waals surface area (Å²) in [6.45, 7) is 4.21. The molecule has 0 fully saturated rings. The summed E-state index contributed by atoms with van der Waals surface area (Å²) in [6, 6.07) is 8.22. The monoisotopic (exact) mass is 184 g/mol. The minimum absolute atomic E-state index is 0. The van der Waals surface area contributed by atoms with Crippen molar-refractivity contribution in [1.82, 2.24) is 0 Å². The minimum Gasteiger partial charge on any atom is -0.399 e. The van der Waals surface area contributed by atoms with Gasteiger partial charge in [-0.1, -0.05) is 0 Å². The third-order valence-electron chi connectivity index (χ3n) is 1.37. The van der Waals surface area contributed by atoms with Gasteiger partial charge in [-0.2, -0.15) is 13.5 Å². The summed E-state index contributed by atoms with van der Waals surface area (Å²) in [5, 5.41) is 3.28. The van der Waals surface area contributed by atoms with Crippen LogP contribution in [-0.4, -0.2) is 6.04 Å². The van der Waals surface area contributed by atoms with E-state index in [4.69, 9.17) is 5.73 Å². The largest absolute Gasteiger partial charge is 0.399 e. The summed E-state index contributed by atoms with van der Waals surface area (Å²) in [5.41, 5.74) is 7.45. The molecule has 68 valence electrons. The van der Waals surface area contributed by atoms with E-state index >= 15 is 0 Å². The zero-order valence-electron chi connectivity index (χ0n) is 7.46. The van der Waals surface area contributed by atoms with Crippen LogP contribution >= 0.6 is 13.5 Å². The molecule has 0 aromatic heterocycles. The van der Waals surface area contributed by atoms with Gasteiger partial charge in [0, 0.05) is 17.4 Å². The van der Waals surface area contributed by atoms with E-state index in [1.165, 1.54) is 0 Å². The third kappa shape index (κ3) is 3.53. The smallest absolute Gasteiger partial charge is 0.0343 e. The standard InChI is InChI=1S/C9H14N2.H2S/c1-7(2)11-9-5-3-8(10)4-6-9;/h3-7,11H,10H2,1-2H3;1H2. The van der Waals surface area contributed by atoms with Gasteiger partial charge in [0.2, 0.25) is 0 Å². The van der Waals surface area contributed by atoms with Gasteiger partial charge >= 0.3 is 0 Å². The second kappa shape index (κ2) is 4.93. The average Bonchev–Trinajstić information content (AvgIpc) is 1.93. The number of rotatable bonds is 2. The molecule has 2 nitrogen and oxygen atoms in total. The van der Waals surface area contributed by atoms with Crippen LogP contribution in [-0.2, 0) is 0 Å². The Bertz CT molecular complexity index is 218. The average molecular weight is 184 g/mol. The van der Waals surface area contributed by atoms with Crippen LogP contribution in [0.2, 0.25) is 0 Å². The van der Waals surface area contributed by atoms with Crippen molar-refractivity contribution in [2.75, 3.05) is 11.1 Å². The predicted octanol–water partition coefficient (Wildman–Crippen LogP) is 2.20. The minimum atomic E-state index is 0. The predicted molar refractivity (Wildman–Crippen MR) is 60.0 cm³/mol. The molecule has 0 unspecified atom stereocenters. The van der Waals surface area contributed by atoms with Crippen molar-refractivity contribution in [2.24, 2.45) is 0 Å². The van der Waals surface area contributed by atoms with E-state index in [0.717, 1.165) is 11.4 Å². The molecule has 0 amide bonds. The lowest BCUT2D eigenvalue weighted by molar-refractivity contribution is 0.900. The molecule has 0 aliphatic heterocycles. The number of benzene rings is 1. The number of hydrogen-bond donors (Lipinski definition) is 2. The highest BCUT2D eigenvalue weighted by Gasteiger charge is 1.92. The van der Waals surface area contributed by atoms with Crippen molar-refractivity contribution in [2.45, 2.75) is 19.9 Å². The third-order valence-corrected chi connectivity index (χ3v) is 1.37. The lowest BCUT2D eigenvalue weighted by atomic mass is 10.2. The van der Waals surface area contributed by atoms with Gasteiger partial charge in [-0.3, -0.25) is 0 Å². The Morgan fingerprint density at radius 1 is 1.17 bits per heavy atom. The Hall–Kier alpha value is -0.830. The molecule has 0 heterocycles. The Labute approximate surface area is 80.6 Å². The maximum atomic E-state index is 5.53. The van der Waals surface area contributed by atoms with Gasteiger partial charge in [0.05, 0.1) is 0 Å². The molecule has 0 aliphatic carbocycles. The second-order valence-electron chi connectivity index (χ2n) is 2.92. The fourth-order valence-corrected chi connectivity index (χ4v) is 0.913. The van der Waals surface area contributed by atoms with E-state index in [9.17, 15) is 0 Å². The lowest BCUT2D eigenvalue weighted by Gasteiger charge is -2.09. The molecule has 0 aliphatic rings. The number of nitrogen functional groups attached to an aromatic ring is 1. The Morgan fingerprint density at radius 3 is 2.08 bits per heavy atom. The first-order valence-corrected chi connectivity index (χ1v) is 3.80. The molecule has 1 rings (SSSR count). The molecule has 0 spiro atoms. The molecular formula is C9H16N2S. The fraction of sp³-hybridized carbons (Fsp3) is 0.333. The highest BCUT2D eigenvalue weighted by molar-refractivity contribution is 7.59. The molecule has 0 saturated carbocycles. The summed E-state index contributed by atoms with van der Waals surface area (Å²) in [4.78, 5) is 0. The van der Waals surface area contributed by atoms with Gasteiger partial charge in [0.1, 0.15) is 0 Å². The molecule has 1 aromatic rings. The molecule has 0 bridgehead atoms. The maximum Gasteiger partial charge on any atom is 0.0343 e. The Morgan fingerprint density at radius 2 is 1.67 bits per heavy atom. The van der Waals surface area contributed by atoms with Crippen molar-refractivity contribution >= 4 is 24.9 Å². The summed E-state index contributed by atoms with van der Waals surface area (Å²) in [5.74, 6) is 0. The van der Waals surface area contributed by atoms with Crippen LogP contribution in [0.1, 0.15) is 13.8 Å². The first kappa shape index (κ1) is 11.2. The number of hydrogen-bond acceptors (Lipinski definition) is 2. The van der Waals surface area contributed by atoms with Crippen molar-refractivity contribution in [3.63, 3.8) is 0 Å². The maximum absolute atomic E-state index is 5.53. The number of nitrogens with two attached hydrogens (primary N) is 1. The van der Waals surface area contributed by atoms with Crippen LogP contribution in [0, 0.1) is 0 Å². The van der Waals surface area contributed by atoms with E-state index in [1.54, 1.807) is 0 Å². The normalized spacial score (nSPS) is 9.25. The summed E-state index contributed by atoms with van der Waals surface area (Å²) in [7, 11) is 0. The van der Waals surface area contributed by atoms with Gasteiger partial charge in [-0.25, -0.2) is 0 Å². The quantitative estimate of drug-likeness (QED) is 0.691. The van der Waals surface area contributed by atoms with Gasteiger partial charge < -0.3 is 11.1 Å². The molecule has 12 heavy (non-hydrogen) atoms. The Balaban J connectivity index is 0.00000121. The van der Waals surface area contributed by atoms with E-state index in [2.05, 4.69) is 19.2 Å². The molecular weight excluding hydrogens is 168 g/mol. The van der Waals surface area contributed by atoms with Crippen LogP contribution in [0.5, 0.6) is 0 Å². The number of anilines is 2. The zero-order valence-corrected chi connectivity index (χ0v) is 8.46. The SMILES string of the molecule is CC(C)Nc1ccc(N)cc1.S. The van der Waals surface area contributed by atoms with Gasteiger partial charge in [0.15, 0.2) is 0 Å². The molecule has 3 heteroatoms. The zero-order chi connectivity index (χ0) is 8.27. The summed E-state index contributed by atoms with van der Waals surface area (Å²) in [6.07, 6.45) is 0. The van der Waals surface area contributed by atoms with Gasteiger partial charge in [-0.15, -0.1) is 0 Å². The molecule has 0 radical (unpaired) electrons. The van der Waals surface area contributed by atoms with Gasteiger partial charge in [0.25, 0.3) is 0 Å². The first-order chi connectivity index (χ1) is 5.18. The van der Waals surface area contributed by atoms with Crippen LogP contribution in [0.3, 0.4) is 0 Å². The van der Waals surface area contributed by atoms with E-state index in [0.29, 0.717) is 6.04 Å². The molecule has 1 aromatic carbocycles. The van der Waals surface area contributed by atoms with Crippen molar-refractivity contribution in [1.29, 1.82) is 0 Å². The molecule has 0 saturated heterocycles. The summed E-state index contributed by atoms with van der Waals surface area (Å²) < 4.78 is 0. The van der Waals surface area contributed by atoms with Gasteiger partial charge in [-0.05, 0) is 38.1 Å². The fourth-order valence-electron chi connectivity index (χ4n) is 0.913. The van der Waals surface area contributed by atoms with E-state index in [-0.39, 0.29) is 13.5 Å². The molecule has 3 N–H and O–H groups in total. The first-order valence-electron chi connectivity index (χ1n) is 3.80. The highest BCUT2D eigenvalue weighted by atomic mass is 32.1. The summed E-state index contributed by atoms with van der Waals surface area (Å²) >= 11 is 0. The van der Waals surface area contributed by atoms with Crippen LogP contribution in [0.4, 0.5) is 11.4 Å². The van der Waals surface area contributed by atoms with Crippen LogP contribution in [0.25, 0.3) is 0 Å². The van der Waals surface area contributed by atoms with Crippen LogP contribution < -0.4 is 11.1 Å². The topological polar surface area (TPSA) is 38.0 Å². The van der Waals surface area contributed by atoms with Crippen molar-refractivity contribution in [3.8, 4) is 0 Å².